The SMILES string of the molecule is CN=C(NCCNS(=O)(=O)c1cccc([N+](=O)[O-])c1)NCC1CCCO1. The molecule has 2 rings (SSSR count). The Bertz CT molecular complexity index is 747. The molecule has 1 aromatic carbocycles. The molecule has 11 heteroatoms. The molecule has 1 aliphatic rings. The first kappa shape index (κ1) is 20.1. The first-order chi connectivity index (χ1) is 12.4. The summed E-state index contributed by atoms with van der Waals surface area (Å²) in [4.78, 5) is 14.0. The Kier molecular flexibility index (Phi) is 7.30. The third kappa shape index (κ3) is 5.93. The number of ether oxygens (including phenoxy) is 1. The van der Waals surface area contributed by atoms with Crippen LogP contribution in [0.3, 0.4) is 0 Å². The Morgan fingerprint density at radius 3 is 2.85 bits per heavy atom. The predicted molar refractivity (Wildman–Crippen MR) is 96.6 cm³/mol. The van der Waals surface area contributed by atoms with Crippen molar-refractivity contribution in [2.75, 3.05) is 33.3 Å². The van der Waals surface area contributed by atoms with Crippen molar-refractivity contribution in [2.45, 2.75) is 23.8 Å². The summed E-state index contributed by atoms with van der Waals surface area (Å²) in [6.07, 6.45) is 2.23. The van der Waals surface area contributed by atoms with Gasteiger partial charge in [0.05, 0.1) is 15.9 Å². The number of non-ortho nitro benzene ring substituents is 1. The van der Waals surface area contributed by atoms with Gasteiger partial charge in [-0.2, -0.15) is 0 Å². The summed E-state index contributed by atoms with van der Waals surface area (Å²) in [5.74, 6) is 0.551. The Labute approximate surface area is 152 Å². The lowest BCUT2D eigenvalue weighted by Gasteiger charge is -2.15. The van der Waals surface area contributed by atoms with Crippen LogP contribution < -0.4 is 15.4 Å². The van der Waals surface area contributed by atoms with Crippen LogP contribution in [0.4, 0.5) is 5.69 Å². The third-order valence-corrected chi connectivity index (χ3v) is 5.25. The molecule has 0 saturated carbocycles. The fourth-order valence-electron chi connectivity index (χ4n) is 2.45. The van der Waals surface area contributed by atoms with Crippen molar-refractivity contribution in [3.63, 3.8) is 0 Å². The Balaban J connectivity index is 1.78. The van der Waals surface area contributed by atoms with Crippen molar-refractivity contribution in [3.8, 4) is 0 Å². The fraction of sp³-hybridized carbons (Fsp3) is 0.533. The lowest BCUT2D eigenvalue weighted by Crippen LogP contribution is -2.43. The van der Waals surface area contributed by atoms with Crippen LogP contribution >= 0.6 is 0 Å². The standard InChI is InChI=1S/C15H23N5O5S/c1-16-15(18-11-13-5-3-9-25-13)17-7-8-19-26(23,24)14-6-2-4-12(10-14)20(21)22/h2,4,6,10,13,19H,3,5,7-9,11H2,1H3,(H2,16,17,18). The van der Waals surface area contributed by atoms with E-state index in [1.807, 2.05) is 0 Å². The number of guanidine groups is 1. The molecular weight excluding hydrogens is 362 g/mol. The lowest BCUT2D eigenvalue weighted by atomic mass is 10.2. The number of nitro groups is 1. The maximum Gasteiger partial charge on any atom is 0.270 e. The monoisotopic (exact) mass is 385 g/mol. The molecule has 1 aromatic rings. The molecule has 3 N–H and O–H groups in total. The van der Waals surface area contributed by atoms with Gasteiger partial charge in [0.15, 0.2) is 5.96 Å². The van der Waals surface area contributed by atoms with Gasteiger partial charge in [-0.05, 0) is 18.9 Å². The second-order valence-electron chi connectivity index (χ2n) is 5.67. The van der Waals surface area contributed by atoms with Gasteiger partial charge >= 0.3 is 0 Å². The number of aliphatic imine (C=N–C) groups is 1. The smallest absolute Gasteiger partial charge is 0.270 e. The Hall–Kier alpha value is -2.24. The molecule has 0 amide bonds. The number of nitrogens with zero attached hydrogens (tertiary/aromatic N) is 2. The van der Waals surface area contributed by atoms with E-state index in [0.29, 0.717) is 19.0 Å². The molecule has 1 fully saturated rings. The zero-order valence-electron chi connectivity index (χ0n) is 14.5. The summed E-state index contributed by atoms with van der Waals surface area (Å²) < 4.78 is 32.3. The minimum absolute atomic E-state index is 0.103. The van der Waals surface area contributed by atoms with Gasteiger partial charge in [0.25, 0.3) is 5.69 Å². The highest BCUT2D eigenvalue weighted by Crippen LogP contribution is 2.16. The van der Waals surface area contributed by atoms with E-state index in [9.17, 15) is 18.5 Å². The molecule has 1 unspecified atom stereocenters. The highest BCUT2D eigenvalue weighted by atomic mass is 32.2. The zero-order valence-corrected chi connectivity index (χ0v) is 15.3. The number of nitrogens with one attached hydrogen (secondary N) is 3. The molecule has 1 aliphatic heterocycles. The van der Waals surface area contributed by atoms with Gasteiger partial charge in [-0.15, -0.1) is 0 Å². The van der Waals surface area contributed by atoms with Crippen LogP contribution in [-0.4, -0.2) is 58.7 Å². The van der Waals surface area contributed by atoms with E-state index >= 15 is 0 Å². The van der Waals surface area contributed by atoms with Gasteiger partial charge in [0.2, 0.25) is 10.0 Å². The molecule has 1 saturated heterocycles. The molecule has 0 bridgehead atoms. The van der Waals surface area contributed by atoms with E-state index in [1.54, 1.807) is 7.05 Å². The van der Waals surface area contributed by atoms with Gasteiger partial charge in [-0.1, -0.05) is 6.07 Å². The van der Waals surface area contributed by atoms with Crippen molar-refractivity contribution in [2.24, 2.45) is 4.99 Å². The molecule has 0 aromatic heterocycles. The molecule has 0 spiro atoms. The largest absolute Gasteiger partial charge is 0.376 e. The topological polar surface area (TPSA) is 135 Å². The normalized spacial score (nSPS) is 17.9. The van der Waals surface area contributed by atoms with E-state index in [-0.39, 0.29) is 23.2 Å². The molecule has 144 valence electrons. The summed E-state index contributed by atoms with van der Waals surface area (Å²) in [5.41, 5.74) is -0.273. The zero-order chi connectivity index (χ0) is 19.0. The van der Waals surface area contributed by atoms with E-state index in [4.69, 9.17) is 4.74 Å². The average molecular weight is 385 g/mol. The van der Waals surface area contributed by atoms with Crippen molar-refractivity contribution in [1.82, 2.24) is 15.4 Å². The third-order valence-electron chi connectivity index (χ3n) is 3.79. The molecule has 1 atom stereocenters. The Morgan fingerprint density at radius 1 is 1.38 bits per heavy atom. The van der Waals surface area contributed by atoms with Gasteiger partial charge in [0.1, 0.15) is 0 Å². The maximum atomic E-state index is 12.2. The molecule has 0 aliphatic carbocycles. The van der Waals surface area contributed by atoms with Crippen LogP contribution in [0.25, 0.3) is 0 Å². The van der Waals surface area contributed by atoms with Crippen LogP contribution in [0.2, 0.25) is 0 Å². The summed E-state index contributed by atoms with van der Waals surface area (Å²) in [6.45, 7) is 1.82. The summed E-state index contributed by atoms with van der Waals surface area (Å²) >= 11 is 0. The van der Waals surface area contributed by atoms with E-state index in [1.165, 1.54) is 18.2 Å². The highest BCUT2D eigenvalue weighted by Gasteiger charge is 2.17. The number of hydrogen-bond acceptors (Lipinski definition) is 6. The molecule has 0 radical (unpaired) electrons. The number of nitro benzene ring substituents is 1. The van der Waals surface area contributed by atoms with Crippen molar-refractivity contribution in [3.05, 3.63) is 34.4 Å². The second-order valence-corrected chi connectivity index (χ2v) is 7.43. The fourth-order valence-corrected chi connectivity index (χ4v) is 3.52. The first-order valence-corrected chi connectivity index (χ1v) is 9.71. The molecule has 10 nitrogen and oxygen atoms in total. The van der Waals surface area contributed by atoms with Crippen LogP contribution in [0, 0.1) is 10.1 Å². The number of benzene rings is 1. The minimum Gasteiger partial charge on any atom is -0.376 e. The van der Waals surface area contributed by atoms with Crippen molar-refractivity contribution >= 4 is 21.7 Å². The van der Waals surface area contributed by atoms with Crippen LogP contribution in [0.5, 0.6) is 0 Å². The summed E-state index contributed by atoms with van der Waals surface area (Å²) in [6, 6.07) is 4.91. The lowest BCUT2D eigenvalue weighted by molar-refractivity contribution is -0.385. The van der Waals surface area contributed by atoms with Gasteiger partial charge in [-0.3, -0.25) is 15.1 Å². The average Bonchev–Trinajstić information content (AvgIpc) is 3.14. The number of rotatable bonds is 8. The quantitative estimate of drug-likeness (QED) is 0.191. The predicted octanol–water partition coefficient (Wildman–Crippen LogP) is 0.217. The molecule has 1 heterocycles. The van der Waals surface area contributed by atoms with E-state index < -0.39 is 14.9 Å². The minimum atomic E-state index is -3.82. The van der Waals surface area contributed by atoms with E-state index in [0.717, 1.165) is 25.5 Å². The molecule has 26 heavy (non-hydrogen) atoms. The summed E-state index contributed by atoms with van der Waals surface area (Å²) in [7, 11) is -2.20. The van der Waals surface area contributed by atoms with Gasteiger partial charge in [-0.25, -0.2) is 13.1 Å². The maximum absolute atomic E-state index is 12.2. The number of hydrogen-bond donors (Lipinski definition) is 3. The van der Waals surface area contributed by atoms with Gasteiger partial charge < -0.3 is 15.4 Å². The first-order valence-electron chi connectivity index (χ1n) is 8.22. The van der Waals surface area contributed by atoms with Crippen LogP contribution in [0.15, 0.2) is 34.2 Å². The van der Waals surface area contributed by atoms with E-state index in [2.05, 4.69) is 20.3 Å². The number of sulfonamides is 1. The highest BCUT2D eigenvalue weighted by molar-refractivity contribution is 7.89. The van der Waals surface area contributed by atoms with Crippen molar-refractivity contribution < 1.29 is 18.1 Å². The summed E-state index contributed by atoms with van der Waals surface area (Å²) in [5, 5.41) is 16.9. The van der Waals surface area contributed by atoms with Crippen LogP contribution in [-0.2, 0) is 14.8 Å². The second kappa shape index (κ2) is 9.46. The Morgan fingerprint density at radius 2 is 2.19 bits per heavy atom. The molecular formula is C15H23N5O5S. The van der Waals surface area contributed by atoms with Gasteiger partial charge in [0, 0.05) is 45.4 Å². The van der Waals surface area contributed by atoms with Crippen LogP contribution in [0.1, 0.15) is 12.8 Å². The van der Waals surface area contributed by atoms with Crippen molar-refractivity contribution in [1.29, 1.82) is 0 Å².